The lowest BCUT2D eigenvalue weighted by Gasteiger charge is -2.15. The number of carbonyl (C=O) groups is 1. The van der Waals surface area contributed by atoms with Gasteiger partial charge in [0.25, 0.3) is 5.91 Å². The Labute approximate surface area is 192 Å². The van der Waals surface area contributed by atoms with Gasteiger partial charge in [-0.15, -0.1) is 0 Å². The van der Waals surface area contributed by atoms with Crippen LogP contribution in [0.3, 0.4) is 0 Å². The molecule has 0 aliphatic rings. The van der Waals surface area contributed by atoms with Gasteiger partial charge in [0.2, 0.25) is 0 Å². The Morgan fingerprint density at radius 2 is 1.82 bits per heavy atom. The lowest BCUT2D eigenvalue weighted by molar-refractivity contribution is -0.153. The summed E-state index contributed by atoms with van der Waals surface area (Å²) in [7, 11) is 1.42. The zero-order valence-corrected chi connectivity index (χ0v) is 18.6. The van der Waals surface area contributed by atoms with E-state index in [1.807, 2.05) is 0 Å². The van der Waals surface area contributed by atoms with Crippen LogP contribution >= 0.6 is 11.6 Å². The van der Waals surface area contributed by atoms with Gasteiger partial charge in [0.05, 0.1) is 24.1 Å². The number of aryl methyl sites for hydroxylation is 2. The van der Waals surface area contributed by atoms with Crippen molar-refractivity contribution >= 4 is 23.2 Å². The number of carbonyl (C=O) groups excluding carboxylic acids is 1. The number of nitrogens with one attached hydrogen (secondary N) is 1. The number of amides is 1. The SMILES string of the molecule is COc1cc(C(=O)Nc2cc(Cl)ccc2OCC(F)(F)F)ccc1OCc1c(C)noc1C. The van der Waals surface area contributed by atoms with Crippen LogP contribution in [0.15, 0.2) is 40.9 Å². The molecule has 0 fully saturated rings. The molecule has 2 aromatic carbocycles. The van der Waals surface area contributed by atoms with Gasteiger partial charge in [-0.3, -0.25) is 4.79 Å². The van der Waals surface area contributed by atoms with E-state index in [1.165, 1.54) is 37.4 Å². The van der Waals surface area contributed by atoms with Gasteiger partial charge in [-0.25, -0.2) is 0 Å². The summed E-state index contributed by atoms with van der Waals surface area (Å²) in [6.45, 7) is 2.24. The Hall–Kier alpha value is -3.40. The van der Waals surface area contributed by atoms with Gasteiger partial charge < -0.3 is 24.1 Å². The van der Waals surface area contributed by atoms with E-state index in [1.54, 1.807) is 19.9 Å². The number of methoxy groups -OCH3 is 1. The molecule has 0 aliphatic heterocycles. The lowest BCUT2D eigenvalue weighted by atomic mass is 10.1. The molecule has 3 aromatic rings. The molecule has 176 valence electrons. The van der Waals surface area contributed by atoms with Gasteiger partial charge in [0, 0.05) is 10.6 Å². The monoisotopic (exact) mass is 484 g/mol. The minimum Gasteiger partial charge on any atom is -0.493 e. The summed E-state index contributed by atoms with van der Waals surface area (Å²) in [4.78, 5) is 12.7. The summed E-state index contributed by atoms with van der Waals surface area (Å²) in [5.41, 5.74) is 1.67. The van der Waals surface area contributed by atoms with Gasteiger partial charge in [-0.2, -0.15) is 13.2 Å². The maximum Gasteiger partial charge on any atom is 0.422 e. The molecule has 0 atom stereocenters. The van der Waals surface area contributed by atoms with Gasteiger partial charge in [0.1, 0.15) is 18.1 Å². The van der Waals surface area contributed by atoms with Crippen molar-refractivity contribution in [3.63, 3.8) is 0 Å². The van der Waals surface area contributed by atoms with E-state index in [-0.39, 0.29) is 34.4 Å². The molecule has 3 rings (SSSR count). The van der Waals surface area contributed by atoms with Crippen molar-refractivity contribution in [3.05, 3.63) is 64.0 Å². The van der Waals surface area contributed by atoms with Crippen LogP contribution in [0.1, 0.15) is 27.4 Å². The van der Waals surface area contributed by atoms with Gasteiger partial charge in [0.15, 0.2) is 18.1 Å². The van der Waals surface area contributed by atoms with E-state index in [0.29, 0.717) is 17.2 Å². The van der Waals surface area contributed by atoms with E-state index >= 15 is 0 Å². The first-order valence-corrected chi connectivity index (χ1v) is 9.98. The fourth-order valence-electron chi connectivity index (χ4n) is 2.87. The first-order valence-electron chi connectivity index (χ1n) is 9.60. The normalized spacial score (nSPS) is 11.2. The third kappa shape index (κ3) is 6.32. The number of hydrogen-bond acceptors (Lipinski definition) is 6. The smallest absolute Gasteiger partial charge is 0.422 e. The molecule has 0 aliphatic carbocycles. The second-order valence-corrected chi connectivity index (χ2v) is 7.39. The minimum absolute atomic E-state index is 0.00514. The minimum atomic E-state index is -4.53. The Morgan fingerprint density at radius 3 is 2.45 bits per heavy atom. The summed E-state index contributed by atoms with van der Waals surface area (Å²) in [6.07, 6.45) is -4.53. The Morgan fingerprint density at radius 1 is 1.09 bits per heavy atom. The Bertz CT molecular complexity index is 1130. The van der Waals surface area contributed by atoms with Crippen molar-refractivity contribution in [3.8, 4) is 17.2 Å². The molecule has 0 saturated carbocycles. The molecule has 7 nitrogen and oxygen atoms in total. The predicted molar refractivity (Wildman–Crippen MR) is 114 cm³/mol. The van der Waals surface area contributed by atoms with Gasteiger partial charge >= 0.3 is 6.18 Å². The maximum atomic E-state index is 12.7. The van der Waals surface area contributed by atoms with E-state index in [4.69, 9.17) is 30.3 Å². The number of benzene rings is 2. The van der Waals surface area contributed by atoms with Crippen LogP contribution in [-0.2, 0) is 6.61 Å². The van der Waals surface area contributed by atoms with E-state index in [0.717, 1.165) is 5.56 Å². The number of aromatic nitrogens is 1. The van der Waals surface area contributed by atoms with Gasteiger partial charge in [-0.05, 0) is 50.2 Å². The largest absolute Gasteiger partial charge is 0.493 e. The number of rotatable bonds is 8. The second kappa shape index (κ2) is 10.0. The topological polar surface area (TPSA) is 82.8 Å². The highest BCUT2D eigenvalue weighted by molar-refractivity contribution is 6.31. The third-order valence-electron chi connectivity index (χ3n) is 4.56. The molecule has 0 bridgehead atoms. The Kier molecular flexibility index (Phi) is 7.37. The van der Waals surface area contributed by atoms with Crippen LogP contribution < -0.4 is 19.5 Å². The average molecular weight is 485 g/mol. The van der Waals surface area contributed by atoms with Crippen molar-refractivity contribution < 1.29 is 36.7 Å². The highest BCUT2D eigenvalue weighted by Gasteiger charge is 2.29. The highest BCUT2D eigenvalue weighted by atomic mass is 35.5. The number of alkyl halides is 3. The highest BCUT2D eigenvalue weighted by Crippen LogP contribution is 2.32. The summed E-state index contributed by atoms with van der Waals surface area (Å²) in [5.74, 6) is 0.522. The summed E-state index contributed by atoms with van der Waals surface area (Å²) in [6, 6.07) is 8.38. The molecule has 0 unspecified atom stereocenters. The molecule has 1 aromatic heterocycles. The molecule has 0 radical (unpaired) electrons. The summed E-state index contributed by atoms with van der Waals surface area (Å²) >= 11 is 5.93. The number of nitrogens with zero attached hydrogens (tertiary/aromatic N) is 1. The molecule has 1 N–H and O–H groups in total. The first kappa shape index (κ1) is 24.2. The fraction of sp³-hybridized carbons (Fsp3) is 0.273. The fourth-order valence-corrected chi connectivity index (χ4v) is 3.04. The summed E-state index contributed by atoms with van der Waals surface area (Å²) < 4.78 is 58.6. The quantitative estimate of drug-likeness (QED) is 0.440. The molecule has 1 amide bonds. The van der Waals surface area contributed by atoms with Crippen LogP contribution in [0.25, 0.3) is 0 Å². The van der Waals surface area contributed by atoms with Crippen LogP contribution in [0.5, 0.6) is 17.2 Å². The third-order valence-corrected chi connectivity index (χ3v) is 4.80. The van der Waals surface area contributed by atoms with Gasteiger partial charge in [-0.1, -0.05) is 16.8 Å². The van der Waals surface area contributed by atoms with Crippen LogP contribution in [0.4, 0.5) is 18.9 Å². The Balaban J connectivity index is 1.76. The molecule has 33 heavy (non-hydrogen) atoms. The molecular weight excluding hydrogens is 465 g/mol. The molecular formula is C22H20ClF3N2O5. The van der Waals surface area contributed by atoms with Crippen LogP contribution in [0.2, 0.25) is 5.02 Å². The molecule has 0 spiro atoms. The zero-order valence-electron chi connectivity index (χ0n) is 17.9. The molecule has 1 heterocycles. The van der Waals surface area contributed by atoms with E-state index in [2.05, 4.69) is 10.5 Å². The zero-order chi connectivity index (χ0) is 24.2. The first-order chi connectivity index (χ1) is 15.6. The van der Waals surface area contributed by atoms with E-state index < -0.39 is 18.7 Å². The van der Waals surface area contributed by atoms with Crippen molar-refractivity contribution in [1.82, 2.24) is 5.16 Å². The van der Waals surface area contributed by atoms with Crippen molar-refractivity contribution in [2.45, 2.75) is 26.6 Å². The maximum absolute atomic E-state index is 12.7. The average Bonchev–Trinajstić information content (AvgIpc) is 3.08. The summed E-state index contributed by atoms with van der Waals surface area (Å²) in [5, 5.41) is 6.59. The lowest BCUT2D eigenvalue weighted by Crippen LogP contribution is -2.20. The molecule has 0 saturated heterocycles. The molecule has 11 heteroatoms. The number of ether oxygens (including phenoxy) is 3. The van der Waals surface area contributed by atoms with E-state index in [9.17, 15) is 18.0 Å². The van der Waals surface area contributed by atoms with Crippen LogP contribution in [0, 0.1) is 13.8 Å². The number of anilines is 1. The number of halogens is 4. The van der Waals surface area contributed by atoms with Crippen LogP contribution in [-0.4, -0.2) is 31.0 Å². The standard InChI is InChI=1S/C22H20ClF3N2O5/c1-12-16(13(2)33-28-12)10-31-19-6-4-14(8-20(19)30-3)21(29)27-17-9-15(23)5-7-18(17)32-11-22(24,25)26/h4-9H,10-11H2,1-3H3,(H,27,29). The second-order valence-electron chi connectivity index (χ2n) is 6.96. The number of hydrogen-bond donors (Lipinski definition) is 1. The van der Waals surface area contributed by atoms with Crippen molar-refractivity contribution in [2.24, 2.45) is 0 Å². The predicted octanol–water partition coefficient (Wildman–Crippen LogP) is 5.73. The van der Waals surface area contributed by atoms with Crippen molar-refractivity contribution in [2.75, 3.05) is 19.0 Å². The van der Waals surface area contributed by atoms with Crippen molar-refractivity contribution in [1.29, 1.82) is 0 Å².